The quantitative estimate of drug-likeness (QED) is 0.177. The zero-order chi connectivity index (χ0) is 22.5. The molecule has 0 rings (SSSR count). The molecule has 1 atom stereocenters. The third-order valence-electron chi connectivity index (χ3n) is 5.55. The van der Waals surface area contributed by atoms with Gasteiger partial charge in [0.05, 0.1) is 0 Å². The molecule has 5 heteroatoms. The van der Waals surface area contributed by atoms with Crippen molar-refractivity contribution in [2.45, 2.75) is 116 Å². The fourth-order valence-corrected chi connectivity index (χ4v) is 3.57. The van der Waals surface area contributed by atoms with E-state index in [-0.39, 0.29) is 5.91 Å². The lowest BCUT2D eigenvalue weighted by molar-refractivity contribution is -0.142. The first-order chi connectivity index (χ1) is 14.5. The molecular weight excluding hydrogens is 376 g/mol. The van der Waals surface area contributed by atoms with Crippen LogP contribution in [0.15, 0.2) is 12.2 Å². The fourth-order valence-electron chi connectivity index (χ4n) is 3.57. The molecule has 0 bridgehead atoms. The number of nitrogens with zero attached hydrogens (tertiary/aromatic N) is 1. The van der Waals surface area contributed by atoms with Crippen LogP contribution in [0.3, 0.4) is 0 Å². The summed E-state index contributed by atoms with van der Waals surface area (Å²) >= 11 is 0. The second-order valence-corrected chi connectivity index (χ2v) is 8.64. The summed E-state index contributed by atoms with van der Waals surface area (Å²) in [6.45, 7) is 2.82. The highest BCUT2D eigenvalue weighted by Gasteiger charge is 2.18. The van der Waals surface area contributed by atoms with Crippen LogP contribution in [0.5, 0.6) is 0 Å². The van der Waals surface area contributed by atoms with Crippen LogP contribution in [0.4, 0.5) is 0 Å². The summed E-state index contributed by atoms with van der Waals surface area (Å²) in [7, 11) is 3.54. The monoisotopic (exact) mass is 424 g/mol. The molecule has 1 unspecified atom stereocenters. The van der Waals surface area contributed by atoms with Crippen LogP contribution in [0.2, 0.25) is 0 Å². The number of rotatable bonds is 21. The Morgan fingerprint density at radius 2 is 1.37 bits per heavy atom. The van der Waals surface area contributed by atoms with E-state index in [0.717, 1.165) is 12.8 Å². The molecule has 176 valence electrons. The van der Waals surface area contributed by atoms with Crippen molar-refractivity contribution in [2.75, 3.05) is 20.6 Å². The number of allylic oxidation sites excluding steroid dienone is 2. The summed E-state index contributed by atoms with van der Waals surface area (Å²) in [5.74, 6) is -0.719. The number of hydrogen-bond donors (Lipinski definition) is 2. The van der Waals surface area contributed by atoms with Crippen molar-refractivity contribution in [1.29, 1.82) is 0 Å². The van der Waals surface area contributed by atoms with Gasteiger partial charge >= 0.3 is 5.97 Å². The lowest BCUT2D eigenvalue weighted by atomic mass is 10.1. The van der Waals surface area contributed by atoms with Gasteiger partial charge in [0.2, 0.25) is 5.91 Å². The molecule has 2 N–H and O–H groups in total. The Balaban J connectivity index is 3.41. The molecule has 1 amide bonds. The van der Waals surface area contributed by atoms with E-state index in [9.17, 15) is 9.59 Å². The number of amides is 1. The first-order valence-corrected chi connectivity index (χ1v) is 12.3. The van der Waals surface area contributed by atoms with E-state index in [4.69, 9.17) is 5.11 Å². The van der Waals surface area contributed by atoms with Crippen LogP contribution >= 0.6 is 0 Å². The topological polar surface area (TPSA) is 69.6 Å². The molecule has 0 saturated carbocycles. The van der Waals surface area contributed by atoms with Crippen molar-refractivity contribution in [1.82, 2.24) is 10.2 Å². The average molecular weight is 425 g/mol. The van der Waals surface area contributed by atoms with E-state index < -0.39 is 12.0 Å². The maximum Gasteiger partial charge on any atom is 0.320 e. The number of unbranched alkanes of at least 4 members (excludes halogenated alkanes) is 11. The van der Waals surface area contributed by atoms with Crippen molar-refractivity contribution in [3.63, 3.8) is 0 Å². The van der Waals surface area contributed by atoms with Crippen LogP contribution in [-0.2, 0) is 9.59 Å². The smallest absolute Gasteiger partial charge is 0.320 e. The van der Waals surface area contributed by atoms with Crippen LogP contribution < -0.4 is 5.32 Å². The first kappa shape index (κ1) is 28.6. The predicted molar refractivity (Wildman–Crippen MR) is 127 cm³/mol. The number of carbonyl (C=O) groups is 2. The van der Waals surface area contributed by atoms with Crippen molar-refractivity contribution in [2.24, 2.45) is 0 Å². The molecule has 0 aromatic rings. The predicted octanol–water partition coefficient (Wildman–Crippen LogP) is 5.94. The van der Waals surface area contributed by atoms with E-state index in [1.54, 1.807) is 19.0 Å². The molecule has 0 heterocycles. The van der Waals surface area contributed by atoms with Crippen LogP contribution in [0.25, 0.3) is 0 Å². The van der Waals surface area contributed by atoms with Gasteiger partial charge in [0, 0.05) is 13.0 Å². The van der Waals surface area contributed by atoms with Gasteiger partial charge in [-0.1, -0.05) is 70.4 Å². The second-order valence-electron chi connectivity index (χ2n) is 8.64. The number of likely N-dealkylation sites (N-methyl/N-ethyl adjacent to an activating group) is 1. The summed E-state index contributed by atoms with van der Waals surface area (Å²) in [5, 5.41) is 12.0. The molecule has 0 aliphatic rings. The number of aliphatic carboxylic acids is 1. The third-order valence-corrected chi connectivity index (χ3v) is 5.55. The Morgan fingerprint density at radius 1 is 0.833 bits per heavy atom. The standard InChI is InChI=1S/C25H48N2O3/c1-4-5-6-7-8-9-10-11-12-13-14-15-16-17-18-21-24(28)26-22-19-20-23(25(29)30)27(2)3/h11-12,23H,4-10,13-22H2,1-3H3,(H,26,28)(H,29,30). The minimum absolute atomic E-state index is 0.0874. The normalized spacial score (nSPS) is 12.5. The minimum Gasteiger partial charge on any atom is -0.480 e. The average Bonchev–Trinajstić information content (AvgIpc) is 2.70. The van der Waals surface area contributed by atoms with Gasteiger partial charge in [0.1, 0.15) is 6.04 Å². The molecule has 0 aliphatic carbocycles. The zero-order valence-corrected chi connectivity index (χ0v) is 20.0. The van der Waals surface area contributed by atoms with Gasteiger partial charge in [0.15, 0.2) is 0 Å². The Hall–Kier alpha value is -1.36. The van der Waals surface area contributed by atoms with Crippen molar-refractivity contribution in [3.05, 3.63) is 12.2 Å². The summed E-state index contributed by atoms with van der Waals surface area (Å²) in [6.07, 6.45) is 22.8. The fraction of sp³-hybridized carbons (Fsp3) is 0.840. The molecule has 0 aromatic heterocycles. The Morgan fingerprint density at radius 3 is 1.90 bits per heavy atom. The molecule has 5 nitrogen and oxygen atoms in total. The van der Waals surface area contributed by atoms with Gasteiger partial charge in [-0.05, 0) is 59.0 Å². The van der Waals surface area contributed by atoms with E-state index in [0.29, 0.717) is 25.8 Å². The third kappa shape index (κ3) is 18.7. The Labute approximate surface area is 185 Å². The first-order valence-electron chi connectivity index (χ1n) is 12.3. The van der Waals surface area contributed by atoms with E-state index in [1.165, 1.54) is 70.6 Å². The molecule has 0 spiro atoms. The molecule has 0 saturated heterocycles. The van der Waals surface area contributed by atoms with E-state index in [1.807, 2.05) is 0 Å². The van der Waals surface area contributed by atoms with Crippen LogP contribution in [-0.4, -0.2) is 48.6 Å². The van der Waals surface area contributed by atoms with Gasteiger partial charge in [0.25, 0.3) is 0 Å². The van der Waals surface area contributed by atoms with Gasteiger partial charge < -0.3 is 10.4 Å². The summed E-state index contributed by atoms with van der Waals surface area (Å²) < 4.78 is 0. The Kier molecular flexibility index (Phi) is 19.9. The van der Waals surface area contributed by atoms with Gasteiger partial charge in [-0.2, -0.15) is 0 Å². The molecule has 30 heavy (non-hydrogen) atoms. The van der Waals surface area contributed by atoms with Crippen molar-refractivity contribution in [3.8, 4) is 0 Å². The van der Waals surface area contributed by atoms with Crippen LogP contribution in [0, 0.1) is 0 Å². The minimum atomic E-state index is -0.806. The van der Waals surface area contributed by atoms with Crippen molar-refractivity contribution < 1.29 is 14.7 Å². The molecule has 0 radical (unpaired) electrons. The van der Waals surface area contributed by atoms with Crippen molar-refractivity contribution >= 4 is 11.9 Å². The second kappa shape index (κ2) is 20.9. The molecular formula is C25H48N2O3. The summed E-state index contributed by atoms with van der Waals surface area (Å²) in [4.78, 5) is 24.7. The number of carboxylic acids is 1. The molecule has 0 aliphatic heterocycles. The van der Waals surface area contributed by atoms with E-state index in [2.05, 4.69) is 24.4 Å². The molecule has 0 aromatic carbocycles. The maximum absolute atomic E-state index is 11.8. The summed E-state index contributed by atoms with van der Waals surface area (Å²) in [5.41, 5.74) is 0. The maximum atomic E-state index is 11.8. The lowest BCUT2D eigenvalue weighted by Crippen LogP contribution is -2.36. The van der Waals surface area contributed by atoms with Gasteiger partial charge in [-0.25, -0.2) is 0 Å². The van der Waals surface area contributed by atoms with E-state index >= 15 is 0 Å². The summed E-state index contributed by atoms with van der Waals surface area (Å²) in [6, 6.07) is -0.479. The zero-order valence-electron chi connectivity index (χ0n) is 20.0. The number of hydrogen-bond acceptors (Lipinski definition) is 3. The Bertz CT molecular complexity index is 450. The number of nitrogens with one attached hydrogen (secondary N) is 1. The highest BCUT2D eigenvalue weighted by molar-refractivity contribution is 5.75. The largest absolute Gasteiger partial charge is 0.480 e. The number of carboxylic acid groups (broad SMARTS) is 1. The number of carbonyl (C=O) groups excluding carboxylic acids is 1. The highest BCUT2D eigenvalue weighted by Crippen LogP contribution is 2.10. The lowest BCUT2D eigenvalue weighted by Gasteiger charge is -2.19. The van der Waals surface area contributed by atoms with Crippen LogP contribution in [0.1, 0.15) is 110 Å². The van der Waals surface area contributed by atoms with Gasteiger partial charge in [-0.3, -0.25) is 14.5 Å². The highest BCUT2D eigenvalue weighted by atomic mass is 16.4. The van der Waals surface area contributed by atoms with Gasteiger partial charge in [-0.15, -0.1) is 0 Å². The molecule has 0 fully saturated rings. The SMILES string of the molecule is CCCCCCCCC=CCCCCCCCC(=O)NCCCC(C(=O)O)N(C)C.